The van der Waals surface area contributed by atoms with Gasteiger partial charge in [-0.3, -0.25) is 9.59 Å². The summed E-state index contributed by atoms with van der Waals surface area (Å²) < 4.78 is 0. The molecule has 0 radical (unpaired) electrons. The van der Waals surface area contributed by atoms with Gasteiger partial charge in [0.2, 0.25) is 0 Å². The number of pyridine rings is 1. The molecule has 2 aromatic carbocycles. The SMILES string of the molecule is O=C(C=Cc1ccc2ccccc2n1)c1ccc(C(=O)N2CCCCC2)cc1. The predicted octanol–water partition coefficient (Wildman–Crippen LogP) is 4.76. The van der Waals surface area contributed by atoms with Crippen LogP contribution >= 0.6 is 0 Å². The smallest absolute Gasteiger partial charge is 0.253 e. The van der Waals surface area contributed by atoms with Gasteiger partial charge in [-0.05, 0) is 55.7 Å². The number of aromatic nitrogens is 1. The van der Waals surface area contributed by atoms with Gasteiger partial charge in [-0.1, -0.05) is 36.4 Å². The summed E-state index contributed by atoms with van der Waals surface area (Å²) in [4.78, 5) is 31.4. The summed E-state index contributed by atoms with van der Waals surface area (Å²) >= 11 is 0. The predicted molar refractivity (Wildman–Crippen MR) is 111 cm³/mol. The van der Waals surface area contributed by atoms with Crippen LogP contribution in [0.5, 0.6) is 0 Å². The minimum Gasteiger partial charge on any atom is -0.339 e. The fraction of sp³-hybridized carbons (Fsp3) is 0.208. The van der Waals surface area contributed by atoms with Crippen LogP contribution < -0.4 is 0 Å². The van der Waals surface area contributed by atoms with Gasteiger partial charge in [-0.25, -0.2) is 4.98 Å². The number of allylic oxidation sites excluding steroid dienone is 1. The van der Waals surface area contributed by atoms with Gasteiger partial charge < -0.3 is 4.90 Å². The van der Waals surface area contributed by atoms with Crippen LogP contribution in [-0.4, -0.2) is 34.7 Å². The first-order chi connectivity index (χ1) is 13.7. The lowest BCUT2D eigenvalue weighted by Crippen LogP contribution is -2.35. The standard InChI is InChI=1S/C24H22N2O2/c27-23(15-14-21-13-12-18-6-2-3-7-22(18)25-21)19-8-10-20(11-9-19)24(28)26-16-4-1-5-17-26/h2-3,6-15H,1,4-5,16-17H2. The van der Waals surface area contributed by atoms with Gasteiger partial charge in [0.15, 0.2) is 5.78 Å². The molecule has 1 aliphatic rings. The second-order valence-corrected chi connectivity index (χ2v) is 7.06. The molecule has 140 valence electrons. The number of carbonyl (C=O) groups is 2. The van der Waals surface area contributed by atoms with Crippen LogP contribution in [0.25, 0.3) is 17.0 Å². The van der Waals surface area contributed by atoms with Crippen LogP contribution in [0.3, 0.4) is 0 Å². The number of hydrogen-bond acceptors (Lipinski definition) is 3. The van der Waals surface area contributed by atoms with Gasteiger partial charge >= 0.3 is 0 Å². The van der Waals surface area contributed by atoms with Crippen molar-refractivity contribution in [3.05, 3.63) is 83.6 Å². The summed E-state index contributed by atoms with van der Waals surface area (Å²) in [5, 5.41) is 1.07. The molecule has 28 heavy (non-hydrogen) atoms. The minimum atomic E-state index is -0.105. The average Bonchev–Trinajstić information content (AvgIpc) is 2.77. The number of likely N-dealkylation sites (tertiary alicyclic amines) is 1. The lowest BCUT2D eigenvalue weighted by molar-refractivity contribution is 0.0724. The van der Waals surface area contributed by atoms with Crippen LogP contribution in [0.4, 0.5) is 0 Å². The molecule has 0 N–H and O–H groups in total. The summed E-state index contributed by atoms with van der Waals surface area (Å²) in [6.45, 7) is 1.64. The van der Waals surface area contributed by atoms with Crippen LogP contribution in [0.15, 0.2) is 66.7 Å². The van der Waals surface area contributed by atoms with E-state index >= 15 is 0 Å². The van der Waals surface area contributed by atoms with Gasteiger partial charge in [0, 0.05) is 29.6 Å². The molecule has 0 atom stereocenters. The van der Waals surface area contributed by atoms with Crippen molar-refractivity contribution in [3.8, 4) is 0 Å². The highest BCUT2D eigenvalue weighted by molar-refractivity contribution is 6.07. The number of para-hydroxylation sites is 1. The molecule has 0 saturated carbocycles. The van der Waals surface area contributed by atoms with E-state index in [0.29, 0.717) is 11.1 Å². The Morgan fingerprint density at radius 3 is 2.32 bits per heavy atom. The number of amides is 1. The number of piperidine rings is 1. The zero-order valence-electron chi connectivity index (χ0n) is 15.7. The summed E-state index contributed by atoms with van der Waals surface area (Å²) in [7, 11) is 0. The maximum absolute atomic E-state index is 12.5. The zero-order chi connectivity index (χ0) is 19.3. The van der Waals surface area contributed by atoms with Crippen molar-refractivity contribution in [1.29, 1.82) is 0 Å². The zero-order valence-corrected chi connectivity index (χ0v) is 15.7. The molecule has 0 bridgehead atoms. The molecule has 2 heterocycles. The van der Waals surface area contributed by atoms with E-state index in [2.05, 4.69) is 4.98 Å². The minimum absolute atomic E-state index is 0.0506. The van der Waals surface area contributed by atoms with Gasteiger partial charge in [0.05, 0.1) is 11.2 Å². The maximum Gasteiger partial charge on any atom is 0.253 e. The van der Waals surface area contributed by atoms with Crippen molar-refractivity contribution in [2.45, 2.75) is 19.3 Å². The van der Waals surface area contributed by atoms with E-state index < -0.39 is 0 Å². The molecule has 0 unspecified atom stereocenters. The van der Waals surface area contributed by atoms with Gasteiger partial charge in [-0.2, -0.15) is 0 Å². The molecule has 0 aliphatic carbocycles. The molecule has 1 saturated heterocycles. The van der Waals surface area contributed by atoms with E-state index in [-0.39, 0.29) is 11.7 Å². The number of ketones is 1. The van der Waals surface area contributed by atoms with E-state index in [1.54, 1.807) is 30.3 Å². The normalized spacial score (nSPS) is 14.5. The highest BCUT2D eigenvalue weighted by Gasteiger charge is 2.18. The van der Waals surface area contributed by atoms with Crippen molar-refractivity contribution in [1.82, 2.24) is 9.88 Å². The Morgan fingerprint density at radius 1 is 0.821 bits per heavy atom. The van der Waals surface area contributed by atoms with Crippen LogP contribution in [0.2, 0.25) is 0 Å². The first-order valence-electron chi connectivity index (χ1n) is 9.68. The quantitative estimate of drug-likeness (QED) is 0.492. The Kier molecular flexibility index (Phi) is 5.29. The average molecular weight is 370 g/mol. The molecule has 1 fully saturated rings. The van der Waals surface area contributed by atoms with Crippen LogP contribution in [0, 0.1) is 0 Å². The number of carbonyl (C=O) groups excluding carboxylic acids is 2. The van der Waals surface area contributed by atoms with Gasteiger partial charge in [-0.15, -0.1) is 0 Å². The number of hydrogen-bond donors (Lipinski definition) is 0. The van der Waals surface area contributed by atoms with Gasteiger partial charge in [0.1, 0.15) is 0 Å². The van der Waals surface area contributed by atoms with Crippen molar-refractivity contribution < 1.29 is 9.59 Å². The first-order valence-corrected chi connectivity index (χ1v) is 9.68. The Labute approximate surface area is 164 Å². The number of fused-ring (bicyclic) bond motifs is 1. The molecular formula is C24H22N2O2. The summed E-state index contributed by atoms with van der Waals surface area (Å²) in [6, 6.07) is 18.7. The summed E-state index contributed by atoms with van der Waals surface area (Å²) in [5.41, 5.74) is 2.84. The third kappa shape index (κ3) is 4.01. The Morgan fingerprint density at radius 2 is 1.54 bits per heavy atom. The molecule has 4 nitrogen and oxygen atoms in total. The third-order valence-corrected chi connectivity index (χ3v) is 5.09. The Balaban J connectivity index is 1.45. The highest BCUT2D eigenvalue weighted by Crippen LogP contribution is 2.15. The Bertz CT molecular complexity index is 1030. The number of nitrogens with zero attached hydrogens (tertiary/aromatic N) is 2. The van der Waals surface area contributed by atoms with E-state index in [9.17, 15) is 9.59 Å². The maximum atomic E-state index is 12.5. The first kappa shape index (κ1) is 18.1. The fourth-order valence-electron chi connectivity index (χ4n) is 3.49. The molecule has 0 spiro atoms. The topological polar surface area (TPSA) is 50.3 Å². The van der Waals surface area contributed by atoms with E-state index in [1.165, 1.54) is 12.5 Å². The second kappa shape index (κ2) is 8.17. The molecular weight excluding hydrogens is 348 g/mol. The van der Waals surface area contributed by atoms with Crippen LogP contribution in [0.1, 0.15) is 45.7 Å². The fourth-order valence-corrected chi connectivity index (χ4v) is 3.49. The summed E-state index contributed by atoms with van der Waals surface area (Å²) in [6.07, 6.45) is 6.57. The number of benzene rings is 2. The van der Waals surface area contributed by atoms with Crippen molar-refractivity contribution in [2.24, 2.45) is 0 Å². The van der Waals surface area contributed by atoms with E-state index in [1.807, 2.05) is 41.3 Å². The van der Waals surface area contributed by atoms with E-state index in [4.69, 9.17) is 0 Å². The molecule has 1 aromatic heterocycles. The van der Waals surface area contributed by atoms with Crippen LogP contribution in [-0.2, 0) is 0 Å². The molecule has 1 amide bonds. The van der Waals surface area contributed by atoms with Crippen molar-refractivity contribution >= 4 is 28.7 Å². The van der Waals surface area contributed by atoms with Crippen molar-refractivity contribution in [2.75, 3.05) is 13.1 Å². The monoisotopic (exact) mass is 370 g/mol. The highest BCUT2D eigenvalue weighted by atomic mass is 16.2. The Hall–Kier alpha value is -3.27. The van der Waals surface area contributed by atoms with Gasteiger partial charge in [0.25, 0.3) is 5.91 Å². The largest absolute Gasteiger partial charge is 0.339 e. The van der Waals surface area contributed by atoms with Crippen molar-refractivity contribution in [3.63, 3.8) is 0 Å². The molecule has 4 rings (SSSR count). The number of rotatable bonds is 4. The van der Waals surface area contributed by atoms with E-state index in [0.717, 1.165) is 42.5 Å². The molecule has 3 aromatic rings. The second-order valence-electron chi connectivity index (χ2n) is 7.06. The third-order valence-electron chi connectivity index (χ3n) is 5.09. The molecule has 4 heteroatoms. The molecule has 1 aliphatic heterocycles. The lowest BCUT2D eigenvalue weighted by Gasteiger charge is -2.26. The summed E-state index contributed by atoms with van der Waals surface area (Å²) in [5.74, 6) is -0.0541. The lowest BCUT2D eigenvalue weighted by atomic mass is 10.1.